The van der Waals surface area contributed by atoms with Crippen LogP contribution in [0.25, 0.3) is 0 Å². The summed E-state index contributed by atoms with van der Waals surface area (Å²) in [4.78, 5) is 0. The van der Waals surface area contributed by atoms with Crippen LogP contribution in [-0.2, 0) is 13.0 Å². The monoisotopic (exact) mass is 367 g/mol. The first kappa shape index (κ1) is 16.5. The summed E-state index contributed by atoms with van der Waals surface area (Å²) in [6.07, 6.45) is 0.941. The first-order valence-corrected chi connectivity index (χ1v) is 8.85. The lowest BCUT2D eigenvalue weighted by atomic mass is 10.1. The van der Waals surface area contributed by atoms with Crippen LogP contribution in [0.15, 0.2) is 39.5 Å². The van der Waals surface area contributed by atoms with Crippen LogP contribution in [0.2, 0.25) is 0 Å². The Bertz CT molecular complexity index is 561. The van der Waals surface area contributed by atoms with Gasteiger partial charge in [0, 0.05) is 24.1 Å². The van der Waals surface area contributed by atoms with Crippen LogP contribution >= 0.6 is 27.3 Å². The second-order valence-electron chi connectivity index (χ2n) is 6.06. The molecule has 1 aromatic carbocycles. The van der Waals surface area contributed by atoms with Gasteiger partial charge < -0.3 is 10.1 Å². The fourth-order valence-corrected chi connectivity index (χ4v) is 3.15. The lowest BCUT2D eigenvalue weighted by Gasteiger charge is -2.22. The number of rotatable bonds is 6. The Hall–Kier alpha value is -0.840. The van der Waals surface area contributed by atoms with Crippen molar-refractivity contribution in [3.63, 3.8) is 0 Å². The largest absolute Gasteiger partial charge is 0.492 e. The highest BCUT2D eigenvalue weighted by atomic mass is 79.9. The maximum Gasteiger partial charge on any atom is 0.137 e. The molecular formula is C17H22BrNOS. The van der Waals surface area contributed by atoms with E-state index in [1.165, 1.54) is 11.1 Å². The number of halogens is 1. The lowest BCUT2D eigenvalue weighted by molar-refractivity contribution is 0.313. The molecule has 1 aromatic heterocycles. The Morgan fingerprint density at radius 2 is 2.05 bits per heavy atom. The maximum absolute atomic E-state index is 6.02. The zero-order valence-corrected chi connectivity index (χ0v) is 15.2. The summed E-state index contributed by atoms with van der Waals surface area (Å²) in [6, 6.07) is 8.34. The molecule has 1 heterocycles. The van der Waals surface area contributed by atoms with E-state index in [2.05, 4.69) is 71.0 Å². The molecule has 0 fully saturated rings. The van der Waals surface area contributed by atoms with Crippen LogP contribution in [0.3, 0.4) is 0 Å². The molecule has 0 radical (unpaired) electrons. The van der Waals surface area contributed by atoms with Gasteiger partial charge in [-0.05, 0) is 65.2 Å². The van der Waals surface area contributed by atoms with Crippen LogP contribution < -0.4 is 10.1 Å². The van der Waals surface area contributed by atoms with Crippen LogP contribution in [-0.4, -0.2) is 12.1 Å². The normalized spacial score (nSPS) is 11.6. The summed E-state index contributed by atoms with van der Waals surface area (Å²) in [5, 5.41) is 7.79. The molecule has 0 bridgehead atoms. The summed E-state index contributed by atoms with van der Waals surface area (Å²) in [7, 11) is 0. The van der Waals surface area contributed by atoms with E-state index in [9.17, 15) is 0 Å². The Labute approximate surface area is 139 Å². The van der Waals surface area contributed by atoms with Crippen LogP contribution in [0.4, 0.5) is 0 Å². The first-order valence-electron chi connectivity index (χ1n) is 7.12. The Morgan fingerprint density at radius 3 is 2.71 bits per heavy atom. The lowest BCUT2D eigenvalue weighted by Crippen LogP contribution is -2.35. The number of hydrogen-bond acceptors (Lipinski definition) is 3. The molecule has 0 unspecified atom stereocenters. The highest BCUT2D eigenvalue weighted by Crippen LogP contribution is 2.29. The average molecular weight is 368 g/mol. The van der Waals surface area contributed by atoms with E-state index in [0.29, 0.717) is 6.61 Å². The predicted molar refractivity (Wildman–Crippen MR) is 94.3 cm³/mol. The quantitative estimate of drug-likeness (QED) is 0.773. The van der Waals surface area contributed by atoms with Crippen molar-refractivity contribution < 1.29 is 4.74 Å². The summed E-state index contributed by atoms with van der Waals surface area (Å²) >= 11 is 5.32. The predicted octanol–water partition coefficient (Wildman–Crippen LogP) is 5.02. The first-order chi connectivity index (χ1) is 9.96. The zero-order valence-electron chi connectivity index (χ0n) is 12.8. The molecule has 4 heteroatoms. The molecule has 0 aliphatic heterocycles. The molecule has 0 spiro atoms. The van der Waals surface area contributed by atoms with Gasteiger partial charge >= 0.3 is 0 Å². The van der Waals surface area contributed by atoms with Gasteiger partial charge in [0.05, 0.1) is 11.1 Å². The van der Waals surface area contributed by atoms with Gasteiger partial charge in [-0.25, -0.2) is 0 Å². The van der Waals surface area contributed by atoms with Crippen molar-refractivity contribution in [3.8, 4) is 5.75 Å². The van der Waals surface area contributed by atoms with Crippen molar-refractivity contribution in [2.75, 3.05) is 6.61 Å². The number of hydrogen-bond donors (Lipinski definition) is 1. The second kappa shape index (κ2) is 7.43. The minimum atomic E-state index is 0.0935. The minimum absolute atomic E-state index is 0.0935. The summed E-state index contributed by atoms with van der Waals surface area (Å²) in [6.45, 7) is 8.00. The second-order valence-corrected chi connectivity index (χ2v) is 7.70. The third kappa shape index (κ3) is 5.46. The molecule has 0 amide bonds. The van der Waals surface area contributed by atoms with Crippen LogP contribution in [0.5, 0.6) is 5.75 Å². The fourth-order valence-electron chi connectivity index (χ4n) is 1.92. The third-order valence-corrected chi connectivity index (χ3v) is 4.43. The zero-order chi connectivity index (χ0) is 15.3. The van der Waals surface area contributed by atoms with Gasteiger partial charge in [-0.3, -0.25) is 0 Å². The highest BCUT2D eigenvalue weighted by molar-refractivity contribution is 9.10. The third-order valence-electron chi connectivity index (χ3n) is 3.07. The molecule has 21 heavy (non-hydrogen) atoms. The van der Waals surface area contributed by atoms with Crippen LogP contribution in [0, 0.1) is 0 Å². The summed E-state index contributed by atoms with van der Waals surface area (Å²) < 4.78 is 7.04. The molecule has 0 saturated carbocycles. The number of thiophene rings is 1. The molecule has 2 aromatic rings. The molecule has 1 N–H and O–H groups in total. The van der Waals surface area contributed by atoms with E-state index < -0.39 is 0 Å². The van der Waals surface area contributed by atoms with Gasteiger partial charge in [0.2, 0.25) is 0 Å². The molecule has 0 saturated heterocycles. The van der Waals surface area contributed by atoms with Crippen LogP contribution in [0.1, 0.15) is 31.9 Å². The van der Waals surface area contributed by atoms with E-state index in [1.807, 2.05) is 6.07 Å². The molecule has 0 aliphatic rings. The van der Waals surface area contributed by atoms with Gasteiger partial charge in [0.15, 0.2) is 0 Å². The SMILES string of the molecule is CC(C)(C)NCc1cccc(Br)c1OCCc1ccsc1. The number of nitrogens with one attached hydrogen (secondary N) is 1. The van der Waals surface area contributed by atoms with Crippen molar-refractivity contribution in [2.45, 2.75) is 39.3 Å². The molecule has 114 valence electrons. The van der Waals surface area contributed by atoms with Gasteiger partial charge in [-0.15, -0.1) is 0 Å². The molecule has 2 nitrogen and oxygen atoms in total. The number of benzene rings is 1. The summed E-state index contributed by atoms with van der Waals surface area (Å²) in [5.74, 6) is 0.949. The van der Waals surface area contributed by atoms with Crippen molar-refractivity contribution >= 4 is 27.3 Å². The summed E-state index contributed by atoms with van der Waals surface area (Å²) in [5.41, 5.74) is 2.61. The maximum atomic E-state index is 6.02. The average Bonchev–Trinajstić information content (AvgIpc) is 2.91. The molecule has 0 atom stereocenters. The Kier molecular flexibility index (Phi) is 5.85. The van der Waals surface area contributed by atoms with E-state index in [0.717, 1.165) is 23.2 Å². The van der Waals surface area contributed by atoms with Gasteiger partial charge in [-0.2, -0.15) is 11.3 Å². The molecule has 2 rings (SSSR count). The Balaban J connectivity index is 1.99. The van der Waals surface area contributed by atoms with Crippen molar-refractivity contribution in [1.29, 1.82) is 0 Å². The Morgan fingerprint density at radius 1 is 1.24 bits per heavy atom. The number of para-hydroxylation sites is 1. The fraction of sp³-hybridized carbons (Fsp3) is 0.412. The molecule has 0 aliphatic carbocycles. The van der Waals surface area contributed by atoms with E-state index >= 15 is 0 Å². The van der Waals surface area contributed by atoms with E-state index in [1.54, 1.807) is 11.3 Å². The van der Waals surface area contributed by atoms with Crippen molar-refractivity contribution in [1.82, 2.24) is 5.32 Å². The standard InChI is InChI=1S/C17H22BrNOS/c1-17(2,3)19-11-14-5-4-6-15(18)16(14)20-9-7-13-8-10-21-12-13/h4-6,8,10,12,19H,7,9,11H2,1-3H3. The smallest absolute Gasteiger partial charge is 0.137 e. The minimum Gasteiger partial charge on any atom is -0.492 e. The highest BCUT2D eigenvalue weighted by Gasteiger charge is 2.13. The number of ether oxygens (including phenoxy) is 1. The van der Waals surface area contributed by atoms with Gasteiger partial charge in [0.1, 0.15) is 5.75 Å². The van der Waals surface area contributed by atoms with E-state index in [4.69, 9.17) is 4.74 Å². The van der Waals surface area contributed by atoms with Crippen molar-refractivity contribution in [2.24, 2.45) is 0 Å². The molecular weight excluding hydrogens is 346 g/mol. The van der Waals surface area contributed by atoms with E-state index in [-0.39, 0.29) is 5.54 Å². The topological polar surface area (TPSA) is 21.3 Å². The van der Waals surface area contributed by atoms with Gasteiger partial charge in [0.25, 0.3) is 0 Å². The van der Waals surface area contributed by atoms with Gasteiger partial charge in [-0.1, -0.05) is 12.1 Å². The van der Waals surface area contributed by atoms with Crippen molar-refractivity contribution in [3.05, 3.63) is 50.6 Å².